The van der Waals surface area contributed by atoms with Crippen molar-refractivity contribution in [2.24, 2.45) is 4.99 Å². The van der Waals surface area contributed by atoms with Crippen LogP contribution in [0.3, 0.4) is 0 Å². The molecule has 0 saturated heterocycles. The summed E-state index contributed by atoms with van der Waals surface area (Å²) in [5.41, 5.74) is 5.59. The molecule has 2 aromatic heterocycles. The Morgan fingerprint density at radius 3 is 3.17 bits per heavy atom. The molecular weight excluding hydrogens is 310 g/mol. The molecule has 0 radical (unpaired) electrons. The molecule has 6 nitrogen and oxygen atoms in total. The molecule has 0 fully saturated rings. The van der Waals surface area contributed by atoms with Crippen LogP contribution >= 0.6 is 11.8 Å². The second kappa shape index (κ2) is 4.73. The molecule has 3 heterocycles. The Kier molecular flexibility index (Phi) is 2.66. The van der Waals surface area contributed by atoms with E-state index in [1.54, 1.807) is 18.0 Å². The smallest absolute Gasteiger partial charge is 0.292 e. The van der Waals surface area contributed by atoms with Gasteiger partial charge in [-0.1, -0.05) is 17.8 Å². The SMILES string of the molecule is O=c1[nH]c2c(n3ccnc13)Cc1cc(NC3=NCCS3)ccc1-2. The lowest BCUT2D eigenvalue weighted by molar-refractivity contribution is 1.00. The van der Waals surface area contributed by atoms with Gasteiger partial charge in [0, 0.05) is 35.8 Å². The van der Waals surface area contributed by atoms with E-state index < -0.39 is 0 Å². The van der Waals surface area contributed by atoms with Gasteiger partial charge in [0.15, 0.2) is 5.17 Å². The lowest BCUT2D eigenvalue weighted by atomic mass is 10.1. The summed E-state index contributed by atoms with van der Waals surface area (Å²) in [5.74, 6) is 1.04. The van der Waals surface area contributed by atoms with Gasteiger partial charge in [0.05, 0.1) is 17.9 Å². The van der Waals surface area contributed by atoms with Crippen LogP contribution in [0, 0.1) is 0 Å². The van der Waals surface area contributed by atoms with Crippen molar-refractivity contribution in [3.8, 4) is 11.3 Å². The third-order valence-electron chi connectivity index (χ3n) is 4.23. The van der Waals surface area contributed by atoms with Crippen molar-refractivity contribution in [3.63, 3.8) is 0 Å². The van der Waals surface area contributed by atoms with E-state index in [1.165, 1.54) is 5.56 Å². The molecule has 1 aliphatic heterocycles. The van der Waals surface area contributed by atoms with E-state index in [0.717, 1.165) is 46.5 Å². The zero-order valence-electron chi connectivity index (χ0n) is 12.2. The number of aliphatic imine (C=N–C) groups is 1. The van der Waals surface area contributed by atoms with E-state index in [-0.39, 0.29) is 5.56 Å². The number of rotatable bonds is 1. The summed E-state index contributed by atoms with van der Waals surface area (Å²) >= 11 is 1.74. The van der Waals surface area contributed by atoms with E-state index in [0.29, 0.717) is 5.65 Å². The minimum absolute atomic E-state index is 0.152. The van der Waals surface area contributed by atoms with Crippen molar-refractivity contribution in [1.29, 1.82) is 0 Å². The minimum Gasteiger partial charge on any atom is -0.335 e. The summed E-state index contributed by atoms with van der Waals surface area (Å²) < 4.78 is 1.89. The van der Waals surface area contributed by atoms with E-state index in [9.17, 15) is 4.79 Å². The average Bonchev–Trinajstić information content (AvgIpc) is 3.25. The van der Waals surface area contributed by atoms with Crippen molar-refractivity contribution in [1.82, 2.24) is 14.4 Å². The molecule has 0 spiro atoms. The zero-order valence-corrected chi connectivity index (χ0v) is 13.0. The molecule has 0 amide bonds. The van der Waals surface area contributed by atoms with Crippen molar-refractivity contribution in [2.45, 2.75) is 6.42 Å². The number of H-pyrrole nitrogens is 1. The van der Waals surface area contributed by atoms with E-state index in [1.807, 2.05) is 16.7 Å². The van der Waals surface area contributed by atoms with Crippen LogP contribution in [0.15, 0.2) is 40.4 Å². The average molecular weight is 323 g/mol. The first-order valence-corrected chi connectivity index (χ1v) is 8.44. The van der Waals surface area contributed by atoms with E-state index in [2.05, 4.69) is 32.4 Å². The lowest BCUT2D eigenvalue weighted by Gasteiger charge is -2.07. The summed E-state index contributed by atoms with van der Waals surface area (Å²) in [6.07, 6.45) is 4.29. The molecule has 114 valence electrons. The number of nitrogens with one attached hydrogen (secondary N) is 2. The highest BCUT2D eigenvalue weighted by molar-refractivity contribution is 8.14. The van der Waals surface area contributed by atoms with E-state index >= 15 is 0 Å². The number of nitrogens with zero attached hydrogens (tertiary/aromatic N) is 3. The predicted octanol–water partition coefficient (Wildman–Crippen LogP) is 2.11. The largest absolute Gasteiger partial charge is 0.335 e. The molecule has 2 aliphatic rings. The first-order chi connectivity index (χ1) is 11.3. The molecule has 3 aromatic rings. The van der Waals surface area contributed by atoms with Gasteiger partial charge in [-0.05, 0) is 17.7 Å². The third-order valence-corrected chi connectivity index (χ3v) is 5.12. The van der Waals surface area contributed by atoms with E-state index in [4.69, 9.17) is 0 Å². The Hall–Kier alpha value is -2.54. The van der Waals surface area contributed by atoms with Gasteiger partial charge in [-0.3, -0.25) is 14.2 Å². The molecule has 0 saturated carbocycles. The molecule has 7 heteroatoms. The fraction of sp³-hybridized carbons (Fsp3) is 0.188. The first kappa shape index (κ1) is 13.0. The molecular formula is C16H13N5OS. The van der Waals surface area contributed by atoms with Crippen LogP contribution in [-0.4, -0.2) is 31.8 Å². The number of amidine groups is 1. The second-order valence-corrected chi connectivity index (χ2v) is 6.69. The van der Waals surface area contributed by atoms with Crippen LogP contribution in [0.4, 0.5) is 5.69 Å². The quantitative estimate of drug-likeness (QED) is 0.562. The zero-order chi connectivity index (χ0) is 15.4. The summed E-state index contributed by atoms with van der Waals surface area (Å²) in [6, 6.07) is 6.23. The molecule has 0 atom stereocenters. The highest BCUT2D eigenvalue weighted by Crippen LogP contribution is 2.36. The van der Waals surface area contributed by atoms with Gasteiger partial charge < -0.3 is 10.3 Å². The fourth-order valence-electron chi connectivity index (χ4n) is 3.22. The van der Waals surface area contributed by atoms with Gasteiger partial charge in [0.25, 0.3) is 5.56 Å². The number of fused-ring (bicyclic) bond motifs is 5. The molecule has 5 rings (SSSR count). The van der Waals surface area contributed by atoms with Gasteiger partial charge in [-0.2, -0.15) is 0 Å². The molecule has 1 aromatic carbocycles. The topological polar surface area (TPSA) is 74.5 Å². The first-order valence-electron chi connectivity index (χ1n) is 7.45. The number of anilines is 1. The summed E-state index contributed by atoms with van der Waals surface area (Å²) in [5, 5.41) is 4.34. The minimum atomic E-state index is -0.152. The highest BCUT2D eigenvalue weighted by Gasteiger charge is 2.23. The van der Waals surface area contributed by atoms with Crippen LogP contribution in [0.25, 0.3) is 16.9 Å². The maximum Gasteiger partial charge on any atom is 0.292 e. The molecule has 1 aliphatic carbocycles. The molecule has 23 heavy (non-hydrogen) atoms. The lowest BCUT2D eigenvalue weighted by Crippen LogP contribution is -2.13. The standard InChI is InChI=1S/C16H13N5OS/c22-15-14-17-3-5-21(14)12-8-9-7-10(19-16-18-4-6-23-16)1-2-11(9)13(12)20-15/h1-3,5,7H,4,6,8H2,(H,18,19)(H,20,22). The fourth-order valence-corrected chi connectivity index (χ4v) is 3.97. The summed E-state index contributed by atoms with van der Waals surface area (Å²) in [7, 11) is 0. The maximum atomic E-state index is 12.1. The third kappa shape index (κ3) is 1.93. The Labute approximate surface area is 135 Å². The maximum absolute atomic E-state index is 12.1. The van der Waals surface area contributed by atoms with Gasteiger partial charge in [0.1, 0.15) is 0 Å². The van der Waals surface area contributed by atoms with Gasteiger partial charge in [-0.15, -0.1) is 0 Å². The number of hydrogen-bond donors (Lipinski definition) is 2. The number of thioether (sulfide) groups is 1. The monoisotopic (exact) mass is 323 g/mol. The Bertz CT molecular complexity index is 1030. The van der Waals surface area contributed by atoms with Gasteiger partial charge in [0.2, 0.25) is 5.65 Å². The number of aromatic nitrogens is 3. The van der Waals surface area contributed by atoms with Crippen LogP contribution in [0.1, 0.15) is 11.3 Å². The van der Waals surface area contributed by atoms with Crippen molar-refractivity contribution in [3.05, 3.63) is 52.2 Å². The second-order valence-electron chi connectivity index (χ2n) is 5.61. The van der Waals surface area contributed by atoms with Crippen LogP contribution in [-0.2, 0) is 6.42 Å². The molecule has 0 bridgehead atoms. The van der Waals surface area contributed by atoms with Crippen LogP contribution in [0.5, 0.6) is 0 Å². The molecule has 2 N–H and O–H groups in total. The van der Waals surface area contributed by atoms with Crippen molar-refractivity contribution in [2.75, 3.05) is 17.6 Å². The Morgan fingerprint density at radius 2 is 2.30 bits per heavy atom. The van der Waals surface area contributed by atoms with Crippen LogP contribution in [0.2, 0.25) is 0 Å². The number of aromatic amines is 1. The van der Waals surface area contributed by atoms with Gasteiger partial charge >= 0.3 is 0 Å². The number of hydrogen-bond acceptors (Lipinski definition) is 5. The summed E-state index contributed by atoms with van der Waals surface area (Å²) in [4.78, 5) is 23.7. The predicted molar refractivity (Wildman–Crippen MR) is 92.4 cm³/mol. The highest BCUT2D eigenvalue weighted by atomic mass is 32.2. The number of benzene rings is 1. The van der Waals surface area contributed by atoms with Crippen molar-refractivity contribution >= 4 is 28.3 Å². The number of imidazole rings is 1. The Morgan fingerprint density at radius 1 is 1.35 bits per heavy atom. The Balaban J connectivity index is 1.60. The summed E-state index contributed by atoms with van der Waals surface area (Å²) in [6.45, 7) is 0.878. The normalized spacial score (nSPS) is 15.6. The van der Waals surface area contributed by atoms with Gasteiger partial charge in [-0.25, -0.2) is 4.98 Å². The van der Waals surface area contributed by atoms with Crippen molar-refractivity contribution < 1.29 is 0 Å². The van der Waals surface area contributed by atoms with Crippen LogP contribution < -0.4 is 10.9 Å². The molecule has 0 unspecified atom stereocenters.